The first kappa shape index (κ1) is 17.7. The molecule has 0 fully saturated rings. The summed E-state index contributed by atoms with van der Waals surface area (Å²) >= 11 is 5.73. The van der Waals surface area contributed by atoms with Gasteiger partial charge in [-0.15, -0.1) is 0 Å². The van der Waals surface area contributed by atoms with E-state index in [1.807, 2.05) is 0 Å². The summed E-state index contributed by atoms with van der Waals surface area (Å²) in [6.45, 7) is 3.59. The highest BCUT2D eigenvalue weighted by atomic mass is 35.5. The van der Waals surface area contributed by atoms with Crippen molar-refractivity contribution in [3.8, 4) is 5.88 Å². The highest BCUT2D eigenvalue weighted by Gasteiger charge is 2.22. The molecule has 0 aliphatic heterocycles. The number of halogens is 1. The minimum Gasteiger partial charge on any atom is -0.477 e. The van der Waals surface area contributed by atoms with Crippen molar-refractivity contribution >= 4 is 29.3 Å². The van der Waals surface area contributed by atoms with Gasteiger partial charge in [-0.3, -0.25) is 4.79 Å². The maximum Gasteiger partial charge on any atom is 0.344 e. The Bertz CT molecular complexity index is 722. The smallest absolute Gasteiger partial charge is 0.344 e. The largest absolute Gasteiger partial charge is 0.477 e. The molecule has 0 saturated heterocycles. The lowest BCUT2D eigenvalue weighted by Crippen LogP contribution is -2.30. The van der Waals surface area contributed by atoms with Crippen molar-refractivity contribution in [1.82, 2.24) is 9.97 Å². The number of hydrogen-bond donors (Lipinski definition) is 1. The van der Waals surface area contributed by atoms with Crippen LogP contribution in [-0.4, -0.2) is 34.6 Å². The molecule has 0 spiro atoms. The zero-order valence-corrected chi connectivity index (χ0v) is 13.9. The molecule has 0 unspecified atom stereocenters. The van der Waals surface area contributed by atoms with Gasteiger partial charge >= 0.3 is 5.97 Å². The van der Waals surface area contributed by atoms with Crippen LogP contribution in [0.25, 0.3) is 0 Å². The van der Waals surface area contributed by atoms with Crippen LogP contribution in [0.5, 0.6) is 5.88 Å². The Morgan fingerprint density at radius 2 is 2.08 bits per heavy atom. The minimum absolute atomic E-state index is 0.156. The standard InChI is InChI=1S/C16H16ClN3O4/c1-3-23-15-12(5-4-8-18-15)16(22)24-10(2)14(21)20-13-7-6-11(17)9-19-13/h4-10H,3H2,1-2H3,(H,19,20,21)/t10-/m0/s1. The first-order chi connectivity index (χ1) is 11.5. The van der Waals surface area contributed by atoms with Gasteiger partial charge in [0, 0.05) is 12.4 Å². The second-order valence-corrected chi connectivity index (χ2v) is 5.12. The monoisotopic (exact) mass is 349 g/mol. The summed E-state index contributed by atoms with van der Waals surface area (Å²) < 4.78 is 10.4. The SMILES string of the molecule is CCOc1ncccc1C(=O)O[C@@H](C)C(=O)Nc1ccc(Cl)cn1. The van der Waals surface area contributed by atoms with Crippen LogP contribution in [0, 0.1) is 0 Å². The van der Waals surface area contributed by atoms with Gasteiger partial charge < -0.3 is 14.8 Å². The lowest BCUT2D eigenvalue weighted by atomic mass is 10.2. The van der Waals surface area contributed by atoms with Gasteiger partial charge in [-0.05, 0) is 38.1 Å². The predicted molar refractivity (Wildman–Crippen MR) is 88.2 cm³/mol. The molecule has 0 saturated carbocycles. The Balaban J connectivity index is 2.00. The van der Waals surface area contributed by atoms with Crippen molar-refractivity contribution in [2.24, 2.45) is 0 Å². The Morgan fingerprint density at radius 1 is 1.29 bits per heavy atom. The van der Waals surface area contributed by atoms with Gasteiger partial charge in [-0.25, -0.2) is 14.8 Å². The number of aromatic nitrogens is 2. The molecule has 0 aliphatic rings. The first-order valence-electron chi connectivity index (χ1n) is 7.22. The molecule has 1 N–H and O–H groups in total. The van der Waals surface area contributed by atoms with Crippen LogP contribution < -0.4 is 10.1 Å². The van der Waals surface area contributed by atoms with Crippen molar-refractivity contribution in [3.05, 3.63) is 47.2 Å². The Kier molecular flexibility index (Phi) is 6.08. The molecule has 126 valence electrons. The molecule has 0 radical (unpaired) electrons. The lowest BCUT2D eigenvalue weighted by Gasteiger charge is -2.14. The highest BCUT2D eigenvalue weighted by Crippen LogP contribution is 2.17. The van der Waals surface area contributed by atoms with Crippen LogP contribution in [0.15, 0.2) is 36.7 Å². The lowest BCUT2D eigenvalue weighted by molar-refractivity contribution is -0.123. The van der Waals surface area contributed by atoms with Crippen LogP contribution in [0.1, 0.15) is 24.2 Å². The van der Waals surface area contributed by atoms with Crippen LogP contribution >= 0.6 is 11.6 Å². The number of esters is 1. The van der Waals surface area contributed by atoms with Crippen LogP contribution in [-0.2, 0) is 9.53 Å². The number of pyridine rings is 2. The van der Waals surface area contributed by atoms with Gasteiger partial charge in [-0.1, -0.05) is 11.6 Å². The van der Waals surface area contributed by atoms with Gasteiger partial charge in [0.25, 0.3) is 5.91 Å². The predicted octanol–water partition coefficient (Wildman–Crippen LogP) is 2.71. The zero-order valence-electron chi connectivity index (χ0n) is 13.2. The third-order valence-electron chi connectivity index (χ3n) is 2.90. The number of anilines is 1. The number of nitrogens with one attached hydrogen (secondary N) is 1. The molecule has 0 aromatic carbocycles. The van der Waals surface area contributed by atoms with E-state index in [1.54, 1.807) is 25.1 Å². The number of amides is 1. The minimum atomic E-state index is -1.02. The fraction of sp³-hybridized carbons (Fsp3) is 0.250. The van der Waals surface area contributed by atoms with Gasteiger partial charge in [0.05, 0.1) is 11.6 Å². The summed E-state index contributed by atoms with van der Waals surface area (Å²) in [4.78, 5) is 32.2. The summed E-state index contributed by atoms with van der Waals surface area (Å²) in [6.07, 6.45) is 1.88. The van der Waals surface area contributed by atoms with E-state index in [1.165, 1.54) is 25.4 Å². The molecule has 2 heterocycles. The van der Waals surface area contributed by atoms with E-state index in [-0.39, 0.29) is 11.4 Å². The van der Waals surface area contributed by atoms with Crippen LogP contribution in [0.4, 0.5) is 5.82 Å². The summed E-state index contributed by atoms with van der Waals surface area (Å²) in [5, 5.41) is 2.98. The number of carbonyl (C=O) groups is 2. The van der Waals surface area contributed by atoms with Crippen molar-refractivity contribution in [2.75, 3.05) is 11.9 Å². The van der Waals surface area contributed by atoms with Gasteiger partial charge in [0.1, 0.15) is 11.4 Å². The van der Waals surface area contributed by atoms with E-state index in [9.17, 15) is 9.59 Å². The molecule has 8 heteroatoms. The molecular formula is C16H16ClN3O4. The fourth-order valence-electron chi connectivity index (χ4n) is 1.75. The molecule has 2 rings (SSSR count). The third-order valence-corrected chi connectivity index (χ3v) is 3.13. The van der Waals surface area contributed by atoms with Gasteiger partial charge in [0.15, 0.2) is 6.10 Å². The Labute approximate surface area is 144 Å². The van der Waals surface area contributed by atoms with Crippen LogP contribution in [0.3, 0.4) is 0 Å². The second-order valence-electron chi connectivity index (χ2n) is 4.69. The van der Waals surface area contributed by atoms with Crippen molar-refractivity contribution in [2.45, 2.75) is 20.0 Å². The Hall–Kier alpha value is -2.67. The number of ether oxygens (including phenoxy) is 2. The molecule has 0 bridgehead atoms. The average molecular weight is 350 g/mol. The van der Waals surface area contributed by atoms with E-state index in [2.05, 4.69) is 15.3 Å². The first-order valence-corrected chi connectivity index (χ1v) is 7.60. The topological polar surface area (TPSA) is 90.4 Å². The average Bonchev–Trinajstić information content (AvgIpc) is 2.57. The number of rotatable bonds is 6. The van der Waals surface area contributed by atoms with Crippen molar-refractivity contribution in [3.63, 3.8) is 0 Å². The molecule has 7 nitrogen and oxygen atoms in total. The number of nitrogens with zero attached hydrogens (tertiary/aromatic N) is 2. The van der Waals surface area contributed by atoms with Crippen molar-refractivity contribution in [1.29, 1.82) is 0 Å². The third kappa shape index (κ3) is 4.66. The molecular weight excluding hydrogens is 334 g/mol. The quantitative estimate of drug-likeness (QED) is 0.806. The van der Waals surface area contributed by atoms with E-state index >= 15 is 0 Å². The summed E-state index contributed by atoms with van der Waals surface area (Å²) in [6, 6.07) is 6.24. The van der Waals surface area contributed by atoms with Crippen LogP contribution in [0.2, 0.25) is 5.02 Å². The summed E-state index contributed by atoms with van der Waals surface area (Å²) in [5.41, 5.74) is 0.156. The van der Waals surface area contributed by atoms with Gasteiger partial charge in [-0.2, -0.15) is 0 Å². The van der Waals surface area contributed by atoms with E-state index in [0.717, 1.165) is 0 Å². The highest BCUT2D eigenvalue weighted by molar-refractivity contribution is 6.30. The summed E-state index contributed by atoms with van der Waals surface area (Å²) in [7, 11) is 0. The van der Waals surface area contributed by atoms with E-state index in [4.69, 9.17) is 21.1 Å². The van der Waals surface area contributed by atoms with Crippen molar-refractivity contribution < 1.29 is 19.1 Å². The maximum absolute atomic E-state index is 12.2. The molecule has 0 aliphatic carbocycles. The molecule has 1 amide bonds. The van der Waals surface area contributed by atoms with E-state index < -0.39 is 18.0 Å². The second kappa shape index (κ2) is 8.26. The Morgan fingerprint density at radius 3 is 2.75 bits per heavy atom. The number of hydrogen-bond acceptors (Lipinski definition) is 6. The number of carbonyl (C=O) groups excluding carboxylic acids is 2. The molecule has 1 atom stereocenters. The molecule has 24 heavy (non-hydrogen) atoms. The summed E-state index contributed by atoms with van der Waals surface area (Å²) in [5.74, 6) is -0.737. The molecule has 2 aromatic rings. The van der Waals surface area contributed by atoms with Gasteiger partial charge in [0.2, 0.25) is 5.88 Å². The normalized spacial score (nSPS) is 11.5. The zero-order chi connectivity index (χ0) is 17.5. The molecule has 2 aromatic heterocycles. The van der Waals surface area contributed by atoms with E-state index in [0.29, 0.717) is 17.4 Å². The fourth-order valence-corrected chi connectivity index (χ4v) is 1.86. The maximum atomic E-state index is 12.2.